The van der Waals surface area contributed by atoms with E-state index in [-0.39, 0.29) is 11.6 Å². The highest BCUT2D eigenvalue weighted by Crippen LogP contribution is 2.32. The van der Waals surface area contributed by atoms with E-state index < -0.39 is 10.0 Å². The number of nitrogens with zero attached hydrogens (tertiary/aromatic N) is 1. The number of nitrogens with two attached hydrogens (primary N) is 1. The zero-order valence-electron chi connectivity index (χ0n) is 12.3. The highest BCUT2D eigenvalue weighted by Gasteiger charge is 2.39. The van der Waals surface area contributed by atoms with Gasteiger partial charge in [-0.1, -0.05) is 19.1 Å². The Morgan fingerprint density at radius 2 is 1.95 bits per heavy atom. The van der Waals surface area contributed by atoms with Crippen molar-refractivity contribution in [2.75, 3.05) is 18.0 Å². The number of benzene rings is 1. The first-order valence-corrected chi connectivity index (χ1v) is 8.41. The zero-order chi connectivity index (χ0) is 15.0. The zero-order valence-corrected chi connectivity index (χ0v) is 13.1. The summed E-state index contributed by atoms with van der Waals surface area (Å²) in [6.45, 7) is 7.06. The van der Waals surface area contributed by atoms with Crippen molar-refractivity contribution in [2.45, 2.75) is 43.7 Å². The van der Waals surface area contributed by atoms with Crippen molar-refractivity contribution in [2.24, 2.45) is 5.73 Å². The summed E-state index contributed by atoms with van der Waals surface area (Å²) in [4.78, 5) is 2.35. The highest BCUT2D eigenvalue weighted by molar-refractivity contribution is 7.89. The quantitative estimate of drug-likeness (QED) is 0.859. The van der Waals surface area contributed by atoms with Crippen LogP contribution in [0.3, 0.4) is 0 Å². The van der Waals surface area contributed by atoms with Crippen molar-refractivity contribution < 1.29 is 8.42 Å². The Morgan fingerprint density at radius 1 is 1.35 bits per heavy atom. The van der Waals surface area contributed by atoms with Crippen LogP contribution in [0.2, 0.25) is 0 Å². The van der Waals surface area contributed by atoms with E-state index in [0.29, 0.717) is 18.0 Å². The predicted molar refractivity (Wildman–Crippen MR) is 81.3 cm³/mol. The first-order chi connectivity index (χ1) is 9.27. The molecule has 0 spiro atoms. The Labute approximate surface area is 121 Å². The smallest absolute Gasteiger partial charge is 0.242 e. The molecule has 20 heavy (non-hydrogen) atoms. The van der Waals surface area contributed by atoms with Crippen molar-refractivity contribution >= 4 is 15.7 Å². The lowest BCUT2D eigenvalue weighted by atomic mass is 9.88. The van der Waals surface area contributed by atoms with E-state index in [1.54, 1.807) is 12.1 Å². The lowest BCUT2D eigenvalue weighted by Crippen LogP contribution is -2.67. The molecular weight excluding hydrogens is 274 g/mol. The maximum atomic E-state index is 12.4. The average Bonchev–Trinajstić information content (AvgIpc) is 2.33. The summed E-state index contributed by atoms with van der Waals surface area (Å²) in [7, 11) is -3.49. The number of hydrogen-bond acceptors (Lipinski definition) is 4. The van der Waals surface area contributed by atoms with E-state index in [1.165, 1.54) is 0 Å². The summed E-state index contributed by atoms with van der Waals surface area (Å²) in [6.07, 6.45) is 0.892. The van der Waals surface area contributed by atoms with Crippen molar-refractivity contribution in [3.63, 3.8) is 0 Å². The molecule has 0 bridgehead atoms. The number of para-hydroxylation sites is 1. The van der Waals surface area contributed by atoms with Crippen LogP contribution < -0.4 is 15.4 Å². The summed E-state index contributed by atoms with van der Waals surface area (Å²) >= 11 is 0. The molecule has 1 fully saturated rings. The molecular formula is C14H23N3O2S. The first kappa shape index (κ1) is 15.3. The molecule has 1 aromatic carbocycles. The van der Waals surface area contributed by atoms with Gasteiger partial charge in [-0.2, -0.15) is 0 Å². The van der Waals surface area contributed by atoms with E-state index in [2.05, 4.69) is 11.6 Å². The fourth-order valence-corrected chi connectivity index (χ4v) is 3.91. The lowest BCUT2D eigenvalue weighted by Gasteiger charge is -2.49. The molecule has 1 saturated heterocycles. The van der Waals surface area contributed by atoms with Crippen LogP contribution >= 0.6 is 0 Å². The Balaban J connectivity index is 2.29. The number of sulfonamides is 1. The molecule has 1 aliphatic rings. The molecule has 0 saturated carbocycles. The van der Waals surface area contributed by atoms with Crippen LogP contribution in [0.5, 0.6) is 0 Å². The van der Waals surface area contributed by atoms with E-state index in [0.717, 1.165) is 12.1 Å². The van der Waals surface area contributed by atoms with Gasteiger partial charge in [0.05, 0.1) is 11.2 Å². The van der Waals surface area contributed by atoms with Crippen LogP contribution in [0.4, 0.5) is 5.69 Å². The lowest BCUT2D eigenvalue weighted by molar-refractivity contribution is 0.321. The van der Waals surface area contributed by atoms with Gasteiger partial charge in [0.25, 0.3) is 0 Å². The molecule has 0 atom stereocenters. The fourth-order valence-electron chi connectivity index (χ4n) is 2.43. The average molecular weight is 297 g/mol. The van der Waals surface area contributed by atoms with E-state index in [9.17, 15) is 8.42 Å². The van der Waals surface area contributed by atoms with E-state index in [1.807, 2.05) is 30.9 Å². The fraction of sp³-hybridized carbons (Fsp3) is 0.571. The molecule has 0 aliphatic carbocycles. The van der Waals surface area contributed by atoms with Gasteiger partial charge in [0.15, 0.2) is 0 Å². The van der Waals surface area contributed by atoms with Crippen LogP contribution in [0.15, 0.2) is 29.2 Å². The Bertz CT molecular complexity index is 578. The third kappa shape index (κ3) is 2.97. The largest absolute Gasteiger partial charge is 0.367 e. The topological polar surface area (TPSA) is 75.4 Å². The minimum absolute atomic E-state index is 0.131. The summed E-state index contributed by atoms with van der Waals surface area (Å²) in [6, 6.07) is 6.95. The normalized spacial score (nSPS) is 18.1. The second kappa shape index (κ2) is 5.35. The third-order valence-corrected chi connectivity index (χ3v) is 5.31. The van der Waals surface area contributed by atoms with E-state index in [4.69, 9.17) is 5.73 Å². The van der Waals surface area contributed by atoms with Crippen LogP contribution in [0.25, 0.3) is 0 Å². The van der Waals surface area contributed by atoms with Gasteiger partial charge in [0.1, 0.15) is 4.90 Å². The van der Waals surface area contributed by atoms with Crippen molar-refractivity contribution in [3.8, 4) is 0 Å². The highest BCUT2D eigenvalue weighted by atomic mass is 32.2. The molecule has 6 heteroatoms. The number of rotatable bonds is 5. The molecule has 112 valence electrons. The summed E-state index contributed by atoms with van der Waals surface area (Å²) in [5.41, 5.74) is 6.70. The van der Waals surface area contributed by atoms with Crippen molar-refractivity contribution in [3.05, 3.63) is 24.3 Å². The maximum Gasteiger partial charge on any atom is 0.242 e. The number of nitrogens with one attached hydrogen (secondary N) is 1. The van der Waals surface area contributed by atoms with Gasteiger partial charge in [0, 0.05) is 19.1 Å². The number of hydrogen-bond donors (Lipinski definition) is 2. The molecule has 1 aliphatic heterocycles. The van der Waals surface area contributed by atoms with Gasteiger partial charge in [-0.25, -0.2) is 13.1 Å². The number of anilines is 1. The van der Waals surface area contributed by atoms with Crippen LogP contribution in [0, 0.1) is 0 Å². The molecule has 1 heterocycles. The SMILES string of the molecule is CCC1(N)CN(c2ccccc2S(=O)(=O)NC(C)C)C1. The molecule has 0 aromatic heterocycles. The second-order valence-corrected chi connectivity index (χ2v) is 7.50. The molecule has 3 N–H and O–H groups in total. The van der Waals surface area contributed by atoms with Crippen molar-refractivity contribution in [1.29, 1.82) is 0 Å². The molecule has 0 unspecified atom stereocenters. The molecule has 2 rings (SSSR count). The van der Waals surface area contributed by atoms with Crippen LogP contribution in [-0.4, -0.2) is 33.1 Å². The molecule has 5 nitrogen and oxygen atoms in total. The monoisotopic (exact) mass is 297 g/mol. The van der Waals surface area contributed by atoms with Crippen LogP contribution in [-0.2, 0) is 10.0 Å². The summed E-state index contributed by atoms with van der Waals surface area (Å²) < 4.78 is 27.4. The van der Waals surface area contributed by atoms with Gasteiger partial charge < -0.3 is 10.6 Å². The first-order valence-electron chi connectivity index (χ1n) is 6.92. The van der Waals surface area contributed by atoms with Crippen molar-refractivity contribution in [1.82, 2.24) is 4.72 Å². The summed E-state index contributed by atoms with van der Waals surface area (Å²) in [5, 5.41) is 0. The second-order valence-electron chi connectivity index (χ2n) is 5.82. The summed E-state index contributed by atoms with van der Waals surface area (Å²) in [5.74, 6) is 0. The van der Waals surface area contributed by atoms with Gasteiger partial charge in [-0.15, -0.1) is 0 Å². The van der Waals surface area contributed by atoms with E-state index >= 15 is 0 Å². The maximum absolute atomic E-state index is 12.4. The molecule has 0 amide bonds. The minimum atomic E-state index is -3.49. The van der Waals surface area contributed by atoms with Gasteiger partial charge in [-0.3, -0.25) is 0 Å². The predicted octanol–water partition coefficient (Wildman–Crippen LogP) is 1.30. The Kier molecular flexibility index (Phi) is 4.09. The third-order valence-electron chi connectivity index (χ3n) is 3.60. The van der Waals surface area contributed by atoms with Gasteiger partial charge in [0.2, 0.25) is 10.0 Å². The minimum Gasteiger partial charge on any atom is -0.367 e. The Hall–Kier alpha value is -1.11. The van der Waals surface area contributed by atoms with Crippen LogP contribution in [0.1, 0.15) is 27.2 Å². The Morgan fingerprint density at radius 3 is 2.50 bits per heavy atom. The molecule has 1 aromatic rings. The molecule has 0 radical (unpaired) electrons. The van der Waals surface area contributed by atoms with Gasteiger partial charge >= 0.3 is 0 Å². The van der Waals surface area contributed by atoms with Gasteiger partial charge in [-0.05, 0) is 32.4 Å². The standard InChI is InChI=1S/C14H23N3O2S/c1-4-14(15)9-17(10-14)12-7-5-6-8-13(12)20(18,19)16-11(2)3/h5-8,11,16H,4,9-10,15H2,1-3H3.